The van der Waals surface area contributed by atoms with Crippen LogP contribution in [0.4, 0.5) is 0 Å². The van der Waals surface area contributed by atoms with Crippen molar-refractivity contribution >= 4 is 0 Å². The Balaban J connectivity index is -0.0000000642. The van der Waals surface area contributed by atoms with Crippen LogP contribution in [0.25, 0.3) is 0 Å². The van der Waals surface area contributed by atoms with E-state index >= 15 is 0 Å². The Labute approximate surface area is 117 Å². The van der Waals surface area contributed by atoms with Crippen molar-refractivity contribution in [2.24, 2.45) is 0 Å². The Kier molecular flexibility index (Phi) is 32.5. The average Bonchev–Trinajstić information content (AvgIpc) is 2.64. The van der Waals surface area contributed by atoms with Crippen molar-refractivity contribution < 1.29 is 26.2 Å². The third kappa shape index (κ3) is 17.0. The van der Waals surface area contributed by atoms with E-state index in [4.69, 9.17) is 0 Å². The molecular weight excluding hydrogens is 259 g/mol. The van der Waals surface area contributed by atoms with Gasteiger partial charge >= 0.3 is 0 Å². The molecule has 0 atom stereocenters. The van der Waals surface area contributed by atoms with E-state index in [0.717, 1.165) is 6.42 Å². The van der Waals surface area contributed by atoms with Gasteiger partial charge in [0, 0.05) is 26.2 Å². The third-order valence-electron chi connectivity index (χ3n) is 1.90. The Morgan fingerprint density at radius 3 is 1.67 bits per heavy atom. The van der Waals surface area contributed by atoms with Gasteiger partial charge in [0.1, 0.15) is 0 Å². The van der Waals surface area contributed by atoms with E-state index in [1.54, 1.807) is 0 Å². The van der Waals surface area contributed by atoms with Crippen LogP contribution in [0.2, 0.25) is 0 Å². The van der Waals surface area contributed by atoms with E-state index in [1.165, 1.54) is 32.1 Å². The predicted molar refractivity (Wildman–Crippen MR) is 68.2 cm³/mol. The smallest absolute Gasteiger partial charge is 0 e. The number of hydrogen-bond acceptors (Lipinski definition) is 0. The van der Waals surface area contributed by atoms with E-state index in [1.807, 2.05) is 12.2 Å². The van der Waals surface area contributed by atoms with Crippen LogP contribution in [-0.4, -0.2) is 0 Å². The summed E-state index contributed by atoms with van der Waals surface area (Å²) in [6, 6.07) is 0. The summed E-state index contributed by atoms with van der Waals surface area (Å²) in [5.41, 5.74) is 0. The SMILES string of the molecule is [C-]1=CC=CC1.[CH-]1CCCCC1.[CH3-].[CH3-].[CH3-].[Zr]. The molecule has 0 heterocycles. The first kappa shape index (κ1) is 24.5. The zero-order chi connectivity index (χ0) is 7.78. The van der Waals surface area contributed by atoms with Crippen LogP contribution in [-0.2, 0) is 26.2 Å². The van der Waals surface area contributed by atoms with Crippen LogP contribution in [0.1, 0.15) is 38.5 Å². The number of allylic oxidation sites excluding steroid dienone is 4. The first-order valence-corrected chi connectivity index (χ1v) is 4.53. The molecular formula is C14H25Zr-5. The van der Waals surface area contributed by atoms with Crippen molar-refractivity contribution in [2.75, 3.05) is 0 Å². The molecule has 0 amide bonds. The molecule has 0 aromatic heterocycles. The monoisotopic (exact) mass is 283 g/mol. The summed E-state index contributed by atoms with van der Waals surface area (Å²) in [5, 5.41) is 0. The second kappa shape index (κ2) is 19.9. The molecule has 15 heavy (non-hydrogen) atoms. The van der Waals surface area contributed by atoms with Crippen LogP contribution in [0.15, 0.2) is 18.2 Å². The minimum atomic E-state index is 0. The Morgan fingerprint density at radius 2 is 1.53 bits per heavy atom. The second-order valence-corrected chi connectivity index (χ2v) is 2.93. The molecule has 0 aliphatic heterocycles. The van der Waals surface area contributed by atoms with Crippen LogP contribution >= 0.6 is 0 Å². The minimum Gasteiger partial charge on any atom is -0.358 e. The molecule has 2 aliphatic carbocycles. The maximum absolute atomic E-state index is 2.99. The van der Waals surface area contributed by atoms with E-state index in [2.05, 4.69) is 18.6 Å². The van der Waals surface area contributed by atoms with Gasteiger partial charge in [0.25, 0.3) is 0 Å². The van der Waals surface area contributed by atoms with E-state index in [-0.39, 0.29) is 48.5 Å². The van der Waals surface area contributed by atoms with Gasteiger partial charge in [-0.1, -0.05) is 19.3 Å². The van der Waals surface area contributed by atoms with E-state index in [9.17, 15) is 0 Å². The van der Waals surface area contributed by atoms with E-state index < -0.39 is 0 Å². The molecule has 0 bridgehead atoms. The van der Waals surface area contributed by atoms with Crippen molar-refractivity contribution in [2.45, 2.75) is 38.5 Å². The fraction of sp³-hybridized carbons (Fsp3) is 0.429. The molecule has 0 aromatic rings. The molecule has 1 fully saturated rings. The molecule has 0 unspecified atom stereocenters. The maximum Gasteiger partial charge on any atom is 0 e. The second-order valence-electron chi connectivity index (χ2n) is 2.93. The first-order chi connectivity index (χ1) is 5.50. The topological polar surface area (TPSA) is 0 Å². The van der Waals surface area contributed by atoms with Crippen molar-refractivity contribution in [1.82, 2.24) is 0 Å². The van der Waals surface area contributed by atoms with Gasteiger partial charge in [-0.25, -0.2) is 12.2 Å². The molecule has 2 rings (SSSR count). The van der Waals surface area contributed by atoms with Crippen LogP contribution in [0.5, 0.6) is 0 Å². The summed E-state index contributed by atoms with van der Waals surface area (Å²) >= 11 is 0. The molecule has 0 N–H and O–H groups in total. The van der Waals surface area contributed by atoms with E-state index in [0.29, 0.717) is 0 Å². The fourth-order valence-electron chi connectivity index (χ4n) is 1.24. The minimum absolute atomic E-state index is 0. The van der Waals surface area contributed by atoms with Crippen molar-refractivity contribution in [3.63, 3.8) is 0 Å². The van der Waals surface area contributed by atoms with Crippen molar-refractivity contribution in [3.05, 3.63) is 53.0 Å². The first-order valence-electron chi connectivity index (χ1n) is 4.53. The molecule has 1 saturated carbocycles. The van der Waals surface area contributed by atoms with Gasteiger partial charge in [-0.2, -0.15) is 18.9 Å². The van der Waals surface area contributed by atoms with Gasteiger partial charge in [-0.05, 0) is 0 Å². The Bertz CT molecular complexity index is 111. The number of hydrogen-bond donors (Lipinski definition) is 0. The predicted octanol–water partition coefficient (Wildman–Crippen LogP) is 4.81. The molecule has 0 spiro atoms. The van der Waals surface area contributed by atoms with Crippen LogP contribution in [0, 0.1) is 34.8 Å². The number of rotatable bonds is 0. The van der Waals surface area contributed by atoms with Gasteiger partial charge < -0.3 is 28.7 Å². The standard InChI is InChI=1S/C6H11.C5H5.3CH3.Zr/c1-2-4-6-5-3-1;1-2-4-5-3-1;;;;/h1H,2-6H2;1-3H,4H2;3*1H3;/q5*-1;. The summed E-state index contributed by atoms with van der Waals surface area (Å²) in [4.78, 5) is 0. The van der Waals surface area contributed by atoms with Crippen LogP contribution in [0.3, 0.4) is 0 Å². The summed E-state index contributed by atoms with van der Waals surface area (Å²) in [6.45, 7) is 0. The largest absolute Gasteiger partial charge is 0.358 e. The molecule has 0 saturated heterocycles. The summed E-state index contributed by atoms with van der Waals surface area (Å²) in [5.74, 6) is 0. The van der Waals surface area contributed by atoms with Crippen LogP contribution < -0.4 is 0 Å². The van der Waals surface area contributed by atoms with Gasteiger partial charge in [0.05, 0.1) is 0 Å². The average molecular weight is 285 g/mol. The molecule has 0 aromatic carbocycles. The van der Waals surface area contributed by atoms with Gasteiger partial charge in [-0.15, -0.1) is 6.42 Å². The normalized spacial score (nSPS) is 15.5. The fourth-order valence-corrected chi connectivity index (χ4v) is 1.24. The third-order valence-corrected chi connectivity index (χ3v) is 1.90. The molecule has 0 nitrogen and oxygen atoms in total. The summed E-state index contributed by atoms with van der Waals surface area (Å²) in [7, 11) is 0. The zero-order valence-corrected chi connectivity index (χ0v) is 13.0. The molecule has 90 valence electrons. The summed E-state index contributed by atoms with van der Waals surface area (Å²) in [6.07, 6.45) is 19.5. The molecule has 0 radical (unpaired) electrons. The summed E-state index contributed by atoms with van der Waals surface area (Å²) < 4.78 is 0. The van der Waals surface area contributed by atoms with Crippen molar-refractivity contribution in [3.8, 4) is 0 Å². The molecule has 1 heteroatoms. The zero-order valence-electron chi connectivity index (χ0n) is 10.6. The van der Waals surface area contributed by atoms with Gasteiger partial charge in [-0.3, -0.25) is 6.08 Å². The van der Waals surface area contributed by atoms with Crippen molar-refractivity contribution in [1.29, 1.82) is 0 Å². The quantitative estimate of drug-likeness (QED) is 0.560. The molecule has 2 aliphatic rings. The Hall–Kier alpha value is 0.363. The maximum atomic E-state index is 2.99. The Morgan fingerprint density at radius 1 is 0.933 bits per heavy atom. The van der Waals surface area contributed by atoms with Gasteiger partial charge in [0.2, 0.25) is 0 Å². The van der Waals surface area contributed by atoms with Gasteiger partial charge in [0.15, 0.2) is 0 Å².